The molecule has 2 rings (SSSR count). The largest absolute Gasteiger partial charge is 0.310 e. The summed E-state index contributed by atoms with van der Waals surface area (Å²) in [6.07, 6.45) is 3.59. The molecule has 1 heterocycles. The molecule has 1 N–H and O–H groups in total. The Labute approximate surface area is 67.0 Å². The van der Waals surface area contributed by atoms with Gasteiger partial charge in [-0.3, -0.25) is 0 Å². The van der Waals surface area contributed by atoms with Gasteiger partial charge in [-0.05, 0) is 25.8 Å². The third-order valence-electron chi connectivity index (χ3n) is 2.51. The minimum Gasteiger partial charge on any atom is -0.310 e. The molecule has 2 fully saturated rings. The maximum atomic E-state index is 8.54. The molecule has 0 aromatic rings. The molecule has 0 aromatic heterocycles. The first-order chi connectivity index (χ1) is 4.37. The van der Waals surface area contributed by atoms with Gasteiger partial charge in [0.05, 0.1) is 12.0 Å². The molecule has 1 aliphatic heterocycles. The predicted octanol–water partition coefficient (Wildman–Crippen LogP) is 1.07. The SMILES string of the molecule is Cl.N#CC1CC12CCCN2. The van der Waals surface area contributed by atoms with E-state index in [-0.39, 0.29) is 12.4 Å². The Kier molecular flexibility index (Phi) is 1.89. The summed E-state index contributed by atoms with van der Waals surface area (Å²) in [6, 6.07) is 2.31. The molecule has 1 spiro atoms. The molecule has 0 bridgehead atoms. The topological polar surface area (TPSA) is 35.8 Å². The van der Waals surface area contributed by atoms with Gasteiger partial charge in [-0.1, -0.05) is 0 Å². The molecule has 0 aromatic carbocycles. The quantitative estimate of drug-likeness (QED) is 0.573. The van der Waals surface area contributed by atoms with E-state index in [9.17, 15) is 0 Å². The fourth-order valence-corrected chi connectivity index (χ4v) is 1.78. The Morgan fingerprint density at radius 2 is 2.40 bits per heavy atom. The molecule has 3 heteroatoms. The van der Waals surface area contributed by atoms with Gasteiger partial charge in [0.25, 0.3) is 0 Å². The first kappa shape index (κ1) is 7.84. The van der Waals surface area contributed by atoms with Crippen LogP contribution in [0.25, 0.3) is 0 Å². The summed E-state index contributed by atoms with van der Waals surface area (Å²) in [6.45, 7) is 1.12. The molecule has 1 aliphatic carbocycles. The monoisotopic (exact) mass is 158 g/mol. The van der Waals surface area contributed by atoms with Gasteiger partial charge in [-0.15, -0.1) is 12.4 Å². The van der Waals surface area contributed by atoms with E-state index >= 15 is 0 Å². The second-order valence-electron chi connectivity index (χ2n) is 3.07. The molecule has 2 aliphatic rings. The number of hydrogen-bond donors (Lipinski definition) is 1. The summed E-state index contributed by atoms with van der Waals surface area (Å²) in [5.41, 5.74) is 0.300. The van der Waals surface area contributed by atoms with Gasteiger partial charge in [0.15, 0.2) is 0 Å². The zero-order chi connectivity index (χ0) is 6.32. The normalized spacial score (nSPS) is 42.5. The summed E-state index contributed by atoms with van der Waals surface area (Å²) in [5, 5.41) is 11.9. The van der Waals surface area contributed by atoms with Crippen LogP contribution in [-0.2, 0) is 0 Å². The molecule has 0 amide bonds. The predicted molar refractivity (Wildman–Crippen MR) is 40.9 cm³/mol. The fourth-order valence-electron chi connectivity index (χ4n) is 1.78. The van der Waals surface area contributed by atoms with Crippen molar-refractivity contribution in [1.29, 1.82) is 5.26 Å². The molecule has 2 atom stereocenters. The number of nitriles is 1. The minimum atomic E-state index is 0. The van der Waals surface area contributed by atoms with Crippen molar-refractivity contribution in [2.24, 2.45) is 5.92 Å². The van der Waals surface area contributed by atoms with Crippen molar-refractivity contribution in [1.82, 2.24) is 5.32 Å². The summed E-state index contributed by atoms with van der Waals surface area (Å²) in [7, 11) is 0. The lowest BCUT2D eigenvalue weighted by atomic mass is 10.2. The molecular formula is C7H11ClN2. The number of halogens is 1. The Hall–Kier alpha value is -0.260. The molecule has 0 radical (unpaired) electrons. The highest BCUT2D eigenvalue weighted by Crippen LogP contribution is 2.48. The van der Waals surface area contributed by atoms with E-state index in [1.54, 1.807) is 0 Å². The average Bonchev–Trinajstić information content (AvgIpc) is 2.30. The smallest absolute Gasteiger partial charge is 0.0675 e. The number of nitrogens with one attached hydrogen (secondary N) is 1. The number of nitrogens with zero attached hydrogens (tertiary/aromatic N) is 1. The van der Waals surface area contributed by atoms with Crippen LogP contribution in [0.3, 0.4) is 0 Å². The van der Waals surface area contributed by atoms with Crippen molar-refractivity contribution < 1.29 is 0 Å². The van der Waals surface area contributed by atoms with Crippen LogP contribution in [0.4, 0.5) is 0 Å². The molecule has 56 valence electrons. The Morgan fingerprint density at radius 3 is 2.80 bits per heavy atom. The van der Waals surface area contributed by atoms with Gasteiger partial charge in [-0.2, -0.15) is 5.26 Å². The average molecular weight is 159 g/mol. The van der Waals surface area contributed by atoms with Crippen LogP contribution in [-0.4, -0.2) is 12.1 Å². The lowest BCUT2D eigenvalue weighted by Gasteiger charge is -2.03. The number of rotatable bonds is 0. The Bertz CT molecular complexity index is 167. The minimum absolute atomic E-state index is 0. The van der Waals surface area contributed by atoms with Crippen molar-refractivity contribution in [2.75, 3.05) is 6.54 Å². The van der Waals surface area contributed by atoms with Gasteiger partial charge >= 0.3 is 0 Å². The van der Waals surface area contributed by atoms with E-state index in [4.69, 9.17) is 5.26 Å². The summed E-state index contributed by atoms with van der Waals surface area (Å²) in [4.78, 5) is 0. The lowest BCUT2D eigenvalue weighted by Crippen LogP contribution is -2.25. The van der Waals surface area contributed by atoms with Crippen LogP contribution in [0.5, 0.6) is 0 Å². The first-order valence-corrected chi connectivity index (χ1v) is 3.52. The Balaban J connectivity index is 0.000000500. The van der Waals surface area contributed by atoms with Crippen molar-refractivity contribution in [3.63, 3.8) is 0 Å². The van der Waals surface area contributed by atoms with Crippen LogP contribution < -0.4 is 5.32 Å². The van der Waals surface area contributed by atoms with Gasteiger partial charge in [-0.25, -0.2) is 0 Å². The molecule has 1 saturated carbocycles. The number of hydrogen-bond acceptors (Lipinski definition) is 2. The van der Waals surface area contributed by atoms with Crippen LogP contribution >= 0.6 is 12.4 Å². The summed E-state index contributed by atoms with van der Waals surface area (Å²) in [5.74, 6) is 0.333. The van der Waals surface area contributed by atoms with Crippen molar-refractivity contribution >= 4 is 12.4 Å². The third-order valence-corrected chi connectivity index (χ3v) is 2.51. The zero-order valence-corrected chi connectivity index (χ0v) is 6.58. The van der Waals surface area contributed by atoms with Crippen molar-refractivity contribution in [3.8, 4) is 6.07 Å². The maximum Gasteiger partial charge on any atom is 0.0675 e. The van der Waals surface area contributed by atoms with Crippen molar-refractivity contribution in [3.05, 3.63) is 0 Å². The van der Waals surface area contributed by atoms with Crippen LogP contribution in [0.15, 0.2) is 0 Å². The van der Waals surface area contributed by atoms with E-state index in [0.717, 1.165) is 13.0 Å². The van der Waals surface area contributed by atoms with E-state index in [0.29, 0.717) is 11.5 Å². The standard InChI is InChI=1S/C7H10N2.ClH/c8-5-6-4-7(6)2-1-3-9-7;/h6,9H,1-4H2;1H. The van der Waals surface area contributed by atoms with Gasteiger partial charge in [0, 0.05) is 5.54 Å². The second kappa shape index (κ2) is 2.41. The van der Waals surface area contributed by atoms with E-state index < -0.39 is 0 Å². The second-order valence-corrected chi connectivity index (χ2v) is 3.07. The van der Waals surface area contributed by atoms with Crippen molar-refractivity contribution in [2.45, 2.75) is 24.8 Å². The highest BCUT2D eigenvalue weighted by Gasteiger charge is 2.55. The maximum absolute atomic E-state index is 8.54. The van der Waals surface area contributed by atoms with E-state index in [1.807, 2.05) is 0 Å². The molecular weight excluding hydrogens is 148 g/mol. The summed E-state index contributed by atoms with van der Waals surface area (Å²) < 4.78 is 0. The molecule has 2 nitrogen and oxygen atoms in total. The van der Waals surface area contributed by atoms with E-state index in [1.165, 1.54) is 12.8 Å². The van der Waals surface area contributed by atoms with Crippen LogP contribution in [0.1, 0.15) is 19.3 Å². The molecule has 2 unspecified atom stereocenters. The van der Waals surface area contributed by atoms with Crippen LogP contribution in [0, 0.1) is 17.2 Å². The first-order valence-electron chi connectivity index (χ1n) is 3.52. The third kappa shape index (κ3) is 0.902. The molecule has 10 heavy (non-hydrogen) atoms. The van der Waals surface area contributed by atoms with Gasteiger partial charge in [0.2, 0.25) is 0 Å². The highest BCUT2D eigenvalue weighted by molar-refractivity contribution is 5.85. The van der Waals surface area contributed by atoms with Gasteiger partial charge in [0.1, 0.15) is 0 Å². The Morgan fingerprint density at radius 1 is 1.60 bits per heavy atom. The zero-order valence-electron chi connectivity index (χ0n) is 5.76. The van der Waals surface area contributed by atoms with E-state index in [2.05, 4.69) is 11.4 Å². The summed E-state index contributed by atoms with van der Waals surface area (Å²) >= 11 is 0. The molecule has 1 saturated heterocycles. The fraction of sp³-hybridized carbons (Fsp3) is 0.857. The van der Waals surface area contributed by atoms with Gasteiger partial charge < -0.3 is 5.32 Å². The lowest BCUT2D eigenvalue weighted by molar-refractivity contribution is 0.573. The van der Waals surface area contributed by atoms with Crippen LogP contribution in [0.2, 0.25) is 0 Å². The highest BCUT2D eigenvalue weighted by atomic mass is 35.5.